The first-order valence-electron chi connectivity index (χ1n) is 8.98. The summed E-state index contributed by atoms with van der Waals surface area (Å²) in [7, 11) is -2.20. The summed E-state index contributed by atoms with van der Waals surface area (Å²) in [4.78, 5) is 16.1. The Hall–Kier alpha value is -1.70. The number of aryl methyl sites for hydroxylation is 1. The third-order valence-electron chi connectivity index (χ3n) is 3.89. The van der Waals surface area contributed by atoms with E-state index in [0.29, 0.717) is 29.3 Å². The van der Waals surface area contributed by atoms with Gasteiger partial charge in [-0.05, 0) is 40.0 Å². The van der Waals surface area contributed by atoms with Crippen molar-refractivity contribution in [2.75, 3.05) is 34.7 Å². The quantitative estimate of drug-likeness (QED) is 0.509. The number of carbonyl (C=O) groups excluding carboxylic acids is 1. The minimum atomic E-state index is -3.99. The van der Waals surface area contributed by atoms with Gasteiger partial charge >= 0.3 is 26.5 Å². The highest BCUT2D eigenvalue weighted by atomic mass is 32.2. The van der Waals surface area contributed by atoms with Gasteiger partial charge in [-0.1, -0.05) is 0 Å². The zero-order chi connectivity index (χ0) is 22.6. The predicted molar refractivity (Wildman–Crippen MR) is 109 cm³/mol. The second-order valence-corrected chi connectivity index (χ2v) is 11.8. The second kappa shape index (κ2) is 9.41. The summed E-state index contributed by atoms with van der Waals surface area (Å²) in [6, 6.07) is 0. The van der Waals surface area contributed by atoms with Gasteiger partial charge in [0, 0.05) is 40.9 Å². The van der Waals surface area contributed by atoms with Crippen LogP contribution in [0.3, 0.4) is 0 Å². The van der Waals surface area contributed by atoms with Crippen LogP contribution in [0, 0.1) is 0 Å². The summed E-state index contributed by atoms with van der Waals surface area (Å²) in [6.45, 7) is 5.15. The summed E-state index contributed by atoms with van der Waals surface area (Å²) in [5.74, 6) is 0. The van der Waals surface area contributed by atoms with Crippen LogP contribution in [0.4, 0.5) is 4.79 Å². The number of nitrogens with zero attached hydrogens (tertiary/aromatic N) is 5. The molecule has 0 saturated carbocycles. The van der Waals surface area contributed by atoms with Crippen molar-refractivity contribution in [3.8, 4) is 0 Å². The Morgan fingerprint density at radius 3 is 2.21 bits per heavy atom. The average Bonchev–Trinajstić information content (AvgIpc) is 3.05. The molecule has 1 aromatic rings. The summed E-state index contributed by atoms with van der Waals surface area (Å²) < 4.78 is 57.8. The van der Waals surface area contributed by atoms with Crippen LogP contribution in [0.25, 0.3) is 0 Å². The molecule has 0 N–H and O–H groups in total. The van der Waals surface area contributed by atoms with Crippen molar-refractivity contribution in [2.45, 2.75) is 45.6 Å². The summed E-state index contributed by atoms with van der Waals surface area (Å²) in [5.41, 5.74) is -0.213. The first kappa shape index (κ1) is 25.3. The molecule has 0 aliphatic carbocycles. The summed E-state index contributed by atoms with van der Waals surface area (Å²) >= 11 is 0. The van der Waals surface area contributed by atoms with Crippen molar-refractivity contribution in [2.24, 2.45) is 0 Å². The monoisotopic (exact) mass is 453 g/mol. The van der Waals surface area contributed by atoms with Crippen LogP contribution < -0.4 is 0 Å². The van der Waals surface area contributed by atoms with Gasteiger partial charge in [0.1, 0.15) is 11.9 Å². The highest BCUT2D eigenvalue weighted by Crippen LogP contribution is 2.14. The number of hydrogen-bond donors (Lipinski definition) is 0. The lowest BCUT2D eigenvalue weighted by Crippen LogP contribution is -2.45. The smallest absolute Gasteiger partial charge is 0.424 e. The second-order valence-electron chi connectivity index (χ2n) is 7.72. The molecule has 1 amide bonds. The Balaban J connectivity index is 2.58. The zero-order valence-electron chi connectivity index (χ0n) is 18.0. The van der Waals surface area contributed by atoms with E-state index in [1.807, 2.05) is 0 Å². The van der Waals surface area contributed by atoms with Crippen LogP contribution in [0.15, 0.2) is 12.5 Å². The van der Waals surface area contributed by atoms with Crippen LogP contribution in [-0.2, 0) is 31.6 Å². The Labute approximate surface area is 173 Å². The molecule has 11 nitrogen and oxygen atoms in total. The molecule has 13 heteroatoms. The van der Waals surface area contributed by atoms with E-state index in [1.165, 1.54) is 33.7 Å². The lowest BCUT2D eigenvalue weighted by Gasteiger charge is -2.27. The molecular formula is C16H31N5O6S2. The van der Waals surface area contributed by atoms with Crippen molar-refractivity contribution in [1.29, 1.82) is 0 Å². The van der Waals surface area contributed by atoms with Gasteiger partial charge in [-0.25, -0.2) is 13.8 Å². The Morgan fingerprint density at radius 1 is 1.10 bits per heavy atom. The minimum Gasteiger partial charge on any atom is -0.443 e. The molecule has 0 fully saturated rings. The minimum absolute atomic E-state index is 0.187. The molecule has 0 bridgehead atoms. The fourth-order valence-electron chi connectivity index (χ4n) is 2.17. The molecule has 0 atom stereocenters. The lowest BCUT2D eigenvalue weighted by atomic mass is 10.2. The first-order chi connectivity index (χ1) is 13.1. The largest absolute Gasteiger partial charge is 0.443 e. The molecule has 1 heterocycles. The van der Waals surface area contributed by atoms with Gasteiger partial charge < -0.3 is 4.74 Å². The molecule has 0 radical (unpaired) electrons. The highest BCUT2D eigenvalue weighted by molar-refractivity contribution is 7.87. The maximum absolute atomic E-state index is 12.5. The number of rotatable bonds is 9. The molecule has 1 rings (SSSR count). The molecule has 0 aliphatic heterocycles. The first-order valence-corrected chi connectivity index (χ1v) is 11.8. The fraction of sp³-hybridized carbons (Fsp3) is 0.750. The van der Waals surface area contributed by atoms with E-state index in [1.54, 1.807) is 20.8 Å². The van der Waals surface area contributed by atoms with E-state index in [4.69, 9.17) is 4.74 Å². The number of carbonyl (C=O) groups is 1. The number of hydrogen-bond acceptors (Lipinski definition) is 7. The Morgan fingerprint density at radius 2 is 1.69 bits per heavy atom. The SMILES string of the molecule is CN(CCCCc1cn(S(=O)(=O)N(C)C)cn1)S(=O)(=O)N(C)C(=O)OC(C)(C)C. The van der Waals surface area contributed by atoms with Gasteiger partial charge in [0.2, 0.25) is 0 Å². The molecule has 0 unspecified atom stereocenters. The van der Waals surface area contributed by atoms with E-state index < -0.39 is 32.1 Å². The molecule has 0 spiro atoms. The molecule has 0 aromatic carbocycles. The maximum atomic E-state index is 12.5. The van der Waals surface area contributed by atoms with E-state index in [-0.39, 0.29) is 6.54 Å². The average molecular weight is 454 g/mol. The number of ether oxygens (including phenoxy) is 1. The van der Waals surface area contributed by atoms with Crippen molar-refractivity contribution < 1.29 is 26.4 Å². The van der Waals surface area contributed by atoms with E-state index in [2.05, 4.69) is 4.98 Å². The molecule has 1 aromatic heterocycles. The third kappa shape index (κ3) is 6.94. The summed E-state index contributed by atoms with van der Waals surface area (Å²) in [5, 5.41) is 0. The van der Waals surface area contributed by atoms with Crippen molar-refractivity contribution in [3.63, 3.8) is 0 Å². The van der Waals surface area contributed by atoms with Crippen molar-refractivity contribution in [3.05, 3.63) is 18.2 Å². The van der Waals surface area contributed by atoms with Crippen molar-refractivity contribution >= 4 is 26.5 Å². The number of aromatic nitrogens is 2. The topological polar surface area (TPSA) is 122 Å². The van der Waals surface area contributed by atoms with E-state index in [9.17, 15) is 21.6 Å². The number of amides is 1. The van der Waals surface area contributed by atoms with Crippen LogP contribution in [0.5, 0.6) is 0 Å². The van der Waals surface area contributed by atoms with Gasteiger partial charge in [-0.15, -0.1) is 0 Å². The van der Waals surface area contributed by atoms with Crippen molar-refractivity contribution in [1.82, 2.24) is 21.9 Å². The van der Waals surface area contributed by atoms with E-state index >= 15 is 0 Å². The third-order valence-corrected chi connectivity index (χ3v) is 7.35. The fourth-order valence-corrected chi connectivity index (χ4v) is 3.98. The van der Waals surface area contributed by atoms with Crippen LogP contribution >= 0.6 is 0 Å². The number of unbranched alkanes of at least 4 members (excludes halogenated alkanes) is 1. The van der Waals surface area contributed by atoms with Gasteiger partial charge in [0.05, 0.1) is 5.69 Å². The van der Waals surface area contributed by atoms with Gasteiger partial charge in [0.15, 0.2) is 0 Å². The lowest BCUT2D eigenvalue weighted by molar-refractivity contribution is 0.0413. The van der Waals surface area contributed by atoms with Crippen LogP contribution in [0.2, 0.25) is 0 Å². The van der Waals surface area contributed by atoms with Gasteiger partial charge in [-0.2, -0.15) is 29.8 Å². The molecule has 0 saturated heterocycles. The standard InChI is InChI=1S/C16H31N5O6S2/c1-16(2,3)27-15(22)20(7)29(25,26)19(6)11-9-8-10-14-12-21(13-17-14)28(23,24)18(4)5/h12-13H,8-11H2,1-7H3. The molecule has 168 valence electrons. The number of imidazole rings is 1. The normalized spacial score (nSPS) is 13.1. The summed E-state index contributed by atoms with van der Waals surface area (Å²) in [6.07, 6.45) is 3.31. The predicted octanol–water partition coefficient (Wildman–Crippen LogP) is 0.904. The van der Waals surface area contributed by atoms with Gasteiger partial charge in [0.25, 0.3) is 0 Å². The molecular weight excluding hydrogens is 422 g/mol. The van der Waals surface area contributed by atoms with Crippen LogP contribution in [0.1, 0.15) is 39.3 Å². The Bertz CT molecular complexity index is 902. The molecule has 29 heavy (non-hydrogen) atoms. The molecule has 0 aliphatic rings. The Kier molecular flexibility index (Phi) is 8.22. The van der Waals surface area contributed by atoms with E-state index in [0.717, 1.165) is 19.6 Å². The highest BCUT2D eigenvalue weighted by Gasteiger charge is 2.31. The van der Waals surface area contributed by atoms with Crippen LogP contribution in [-0.4, -0.2) is 85.1 Å². The van der Waals surface area contributed by atoms with Gasteiger partial charge in [-0.3, -0.25) is 0 Å². The maximum Gasteiger partial charge on any atom is 0.424 e. The zero-order valence-corrected chi connectivity index (χ0v) is 19.6.